The standard InChI is InChI=1S/C20H25N5O2S/c1-12(19(27)22-16-8-7-13-3-2-4-15(13)11-16)28-20-24-23-18(14-5-6-14)25(20)10-9-17(21)26/h7-8,11-12,14H,2-6,9-10H2,1H3,(H2,21,26)(H,22,27)/t12-/m0/s1. The quantitative estimate of drug-likeness (QED) is 0.664. The third-order valence-electron chi connectivity index (χ3n) is 5.29. The smallest absolute Gasteiger partial charge is 0.237 e. The number of aryl methyl sites for hydroxylation is 2. The van der Waals surface area contributed by atoms with E-state index in [0.29, 0.717) is 17.6 Å². The van der Waals surface area contributed by atoms with Gasteiger partial charge in [-0.1, -0.05) is 17.8 Å². The van der Waals surface area contributed by atoms with Gasteiger partial charge < -0.3 is 15.6 Å². The molecule has 0 bridgehead atoms. The van der Waals surface area contributed by atoms with Gasteiger partial charge in [-0.15, -0.1) is 10.2 Å². The monoisotopic (exact) mass is 399 g/mol. The van der Waals surface area contributed by atoms with Crippen LogP contribution in [-0.4, -0.2) is 31.8 Å². The Bertz CT molecular complexity index is 906. The second kappa shape index (κ2) is 7.95. The van der Waals surface area contributed by atoms with Gasteiger partial charge in [-0.25, -0.2) is 0 Å². The maximum atomic E-state index is 12.7. The Labute approximate surface area is 168 Å². The Kier molecular flexibility index (Phi) is 5.39. The highest BCUT2D eigenvalue weighted by Crippen LogP contribution is 2.40. The molecule has 2 aliphatic carbocycles. The van der Waals surface area contributed by atoms with Crippen LogP contribution in [0.3, 0.4) is 0 Å². The fraction of sp³-hybridized carbons (Fsp3) is 0.500. The van der Waals surface area contributed by atoms with Gasteiger partial charge in [0.25, 0.3) is 0 Å². The average molecular weight is 400 g/mol. The first kappa shape index (κ1) is 19.0. The number of fused-ring (bicyclic) bond motifs is 1. The van der Waals surface area contributed by atoms with Crippen molar-refractivity contribution in [1.29, 1.82) is 0 Å². The fourth-order valence-electron chi connectivity index (χ4n) is 3.57. The number of carbonyl (C=O) groups is 2. The van der Waals surface area contributed by atoms with E-state index < -0.39 is 0 Å². The molecule has 2 amide bonds. The number of rotatable bonds is 8. The van der Waals surface area contributed by atoms with E-state index in [0.717, 1.165) is 37.2 Å². The SMILES string of the molecule is C[C@H](Sc1nnc(C2CC2)n1CCC(N)=O)C(=O)Nc1ccc2c(c1)CCC2. The summed E-state index contributed by atoms with van der Waals surface area (Å²) in [6.07, 6.45) is 5.81. The first-order valence-corrected chi connectivity index (χ1v) is 10.7. The Morgan fingerprint density at radius 1 is 1.29 bits per heavy atom. The van der Waals surface area contributed by atoms with Crippen molar-refractivity contribution in [3.05, 3.63) is 35.2 Å². The number of nitrogens with one attached hydrogen (secondary N) is 1. The molecular weight excluding hydrogens is 374 g/mol. The average Bonchev–Trinajstić information content (AvgIpc) is 3.26. The molecule has 1 fully saturated rings. The molecule has 28 heavy (non-hydrogen) atoms. The van der Waals surface area contributed by atoms with Crippen molar-refractivity contribution < 1.29 is 9.59 Å². The maximum Gasteiger partial charge on any atom is 0.237 e. The highest BCUT2D eigenvalue weighted by atomic mass is 32.2. The zero-order valence-electron chi connectivity index (χ0n) is 16.0. The molecule has 8 heteroatoms. The van der Waals surface area contributed by atoms with Gasteiger partial charge in [-0.05, 0) is 62.3 Å². The van der Waals surface area contributed by atoms with Crippen molar-refractivity contribution in [3.63, 3.8) is 0 Å². The van der Waals surface area contributed by atoms with E-state index in [1.54, 1.807) is 0 Å². The van der Waals surface area contributed by atoms with Gasteiger partial charge in [0, 0.05) is 24.6 Å². The summed E-state index contributed by atoms with van der Waals surface area (Å²) in [4.78, 5) is 23.9. The predicted molar refractivity (Wildman–Crippen MR) is 108 cm³/mol. The predicted octanol–water partition coefficient (Wildman–Crippen LogP) is 2.64. The van der Waals surface area contributed by atoms with Crippen LogP contribution in [0.15, 0.2) is 23.4 Å². The Morgan fingerprint density at radius 2 is 2.07 bits per heavy atom. The number of primary amides is 1. The number of benzene rings is 1. The van der Waals surface area contributed by atoms with Crippen molar-refractivity contribution in [2.45, 2.75) is 68.3 Å². The van der Waals surface area contributed by atoms with Crippen molar-refractivity contribution in [2.24, 2.45) is 5.73 Å². The van der Waals surface area contributed by atoms with Crippen molar-refractivity contribution >= 4 is 29.3 Å². The molecular formula is C20H25N5O2S. The molecule has 0 radical (unpaired) electrons. The van der Waals surface area contributed by atoms with E-state index in [9.17, 15) is 9.59 Å². The van der Waals surface area contributed by atoms with Gasteiger partial charge in [-0.2, -0.15) is 0 Å². The van der Waals surface area contributed by atoms with Gasteiger partial charge in [0.2, 0.25) is 11.8 Å². The largest absolute Gasteiger partial charge is 0.370 e. The molecule has 1 aromatic carbocycles. The molecule has 0 spiro atoms. The lowest BCUT2D eigenvalue weighted by atomic mass is 10.1. The molecule has 0 aliphatic heterocycles. The van der Waals surface area contributed by atoms with Crippen LogP contribution >= 0.6 is 11.8 Å². The fourth-order valence-corrected chi connectivity index (χ4v) is 4.45. The van der Waals surface area contributed by atoms with E-state index in [1.165, 1.54) is 29.3 Å². The van der Waals surface area contributed by atoms with Crippen molar-refractivity contribution in [1.82, 2.24) is 14.8 Å². The van der Waals surface area contributed by atoms with Crippen LogP contribution in [0.4, 0.5) is 5.69 Å². The molecule has 0 unspecified atom stereocenters. The van der Waals surface area contributed by atoms with Crippen molar-refractivity contribution in [2.75, 3.05) is 5.32 Å². The van der Waals surface area contributed by atoms with Gasteiger partial charge >= 0.3 is 0 Å². The van der Waals surface area contributed by atoms with Crippen molar-refractivity contribution in [3.8, 4) is 0 Å². The Hall–Kier alpha value is -2.35. The van der Waals surface area contributed by atoms with Crippen LogP contribution in [0.5, 0.6) is 0 Å². The minimum atomic E-state index is -0.353. The van der Waals surface area contributed by atoms with E-state index in [-0.39, 0.29) is 23.5 Å². The summed E-state index contributed by atoms with van der Waals surface area (Å²) >= 11 is 1.37. The first-order chi connectivity index (χ1) is 13.5. The molecule has 2 aromatic rings. The molecule has 148 valence electrons. The highest BCUT2D eigenvalue weighted by Gasteiger charge is 2.31. The highest BCUT2D eigenvalue weighted by molar-refractivity contribution is 8.00. The van der Waals surface area contributed by atoms with Crippen LogP contribution in [0.1, 0.15) is 55.5 Å². The number of carbonyl (C=O) groups excluding carboxylic acids is 2. The third-order valence-corrected chi connectivity index (χ3v) is 6.37. The second-order valence-electron chi connectivity index (χ2n) is 7.57. The lowest BCUT2D eigenvalue weighted by Crippen LogP contribution is -2.23. The molecule has 1 heterocycles. The van der Waals surface area contributed by atoms with Gasteiger partial charge in [-0.3, -0.25) is 9.59 Å². The summed E-state index contributed by atoms with van der Waals surface area (Å²) in [5, 5.41) is 11.9. The number of anilines is 1. The van der Waals surface area contributed by atoms with E-state index in [2.05, 4.69) is 27.6 Å². The molecule has 4 rings (SSSR count). The normalized spacial score (nSPS) is 16.6. The molecule has 3 N–H and O–H groups in total. The third kappa shape index (κ3) is 4.22. The molecule has 2 aliphatic rings. The second-order valence-corrected chi connectivity index (χ2v) is 8.88. The number of hydrogen-bond acceptors (Lipinski definition) is 5. The summed E-state index contributed by atoms with van der Waals surface area (Å²) in [6, 6.07) is 6.16. The molecule has 1 saturated carbocycles. The van der Waals surface area contributed by atoms with E-state index in [1.807, 2.05) is 17.6 Å². The number of aromatic nitrogens is 3. The zero-order valence-corrected chi connectivity index (χ0v) is 16.8. The van der Waals surface area contributed by atoms with Crippen LogP contribution < -0.4 is 11.1 Å². The summed E-state index contributed by atoms with van der Waals surface area (Å²) in [5.41, 5.74) is 8.87. The summed E-state index contributed by atoms with van der Waals surface area (Å²) in [7, 11) is 0. The lowest BCUT2D eigenvalue weighted by molar-refractivity contribution is -0.118. The minimum absolute atomic E-state index is 0.0691. The molecule has 0 saturated heterocycles. The zero-order chi connectivity index (χ0) is 19.7. The van der Waals surface area contributed by atoms with Gasteiger partial charge in [0.05, 0.1) is 5.25 Å². The number of amides is 2. The summed E-state index contributed by atoms with van der Waals surface area (Å²) < 4.78 is 1.95. The van der Waals surface area contributed by atoms with E-state index >= 15 is 0 Å². The Balaban J connectivity index is 1.43. The maximum absolute atomic E-state index is 12.7. The molecule has 1 atom stereocenters. The van der Waals surface area contributed by atoms with Crippen LogP contribution in [-0.2, 0) is 29.0 Å². The van der Waals surface area contributed by atoms with Crippen LogP contribution in [0.25, 0.3) is 0 Å². The number of nitrogens with two attached hydrogens (primary N) is 1. The Morgan fingerprint density at radius 3 is 2.82 bits per heavy atom. The minimum Gasteiger partial charge on any atom is -0.370 e. The number of thioether (sulfide) groups is 1. The summed E-state index contributed by atoms with van der Waals surface area (Å²) in [6.45, 7) is 2.31. The molecule has 7 nitrogen and oxygen atoms in total. The van der Waals surface area contributed by atoms with Gasteiger partial charge in [0.1, 0.15) is 5.82 Å². The van der Waals surface area contributed by atoms with Crippen LogP contribution in [0.2, 0.25) is 0 Å². The summed E-state index contributed by atoms with van der Waals surface area (Å²) in [5.74, 6) is 0.884. The number of hydrogen-bond donors (Lipinski definition) is 2. The van der Waals surface area contributed by atoms with Crippen LogP contribution in [0, 0.1) is 0 Å². The topological polar surface area (TPSA) is 103 Å². The van der Waals surface area contributed by atoms with E-state index in [4.69, 9.17) is 5.73 Å². The lowest BCUT2D eigenvalue weighted by Gasteiger charge is -2.14. The molecule has 1 aromatic heterocycles. The van der Waals surface area contributed by atoms with Gasteiger partial charge in [0.15, 0.2) is 5.16 Å². The number of nitrogens with zero attached hydrogens (tertiary/aromatic N) is 3. The first-order valence-electron chi connectivity index (χ1n) is 9.82.